The summed E-state index contributed by atoms with van der Waals surface area (Å²) in [4.78, 5) is 31.5. The molecule has 12 heteroatoms. The zero-order valence-corrected chi connectivity index (χ0v) is 24.6. The number of hydrogen-bond donors (Lipinski definition) is 0. The highest BCUT2D eigenvalue weighted by molar-refractivity contribution is 9.10. The first kappa shape index (κ1) is 28.9. The third-order valence-corrected chi connectivity index (χ3v) is 7.30. The van der Waals surface area contributed by atoms with Gasteiger partial charge in [-0.15, -0.1) is 0 Å². The highest BCUT2D eigenvalue weighted by Gasteiger charge is 2.31. The van der Waals surface area contributed by atoms with Crippen molar-refractivity contribution in [1.29, 1.82) is 5.26 Å². The van der Waals surface area contributed by atoms with E-state index in [1.807, 2.05) is 19.9 Å². The first-order chi connectivity index (χ1) is 19.4. The number of fused-ring (bicyclic) bond motifs is 1. The van der Waals surface area contributed by atoms with Crippen LogP contribution in [0.5, 0.6) is 23.0 Å². The summed E-state index contributed by atoms with van der Waals surface area (Å²) in [5.41, 5.74) is 0.957. The highest BCUT2D eigenvalue weighted by atomic mass is 79.9. The van der Waals surface area contributed by atoms with Gasteiger partial charge < -0.3 is 23.7 Å². The summed E-state index contributed by atoms with van der Waals surface area (Å²) in [6, 6.07) is 9.87. The average molecular weight is 629 g/mol. The van der Waals surface area contributed by atoms with E-state index < -0.39 is 12.0 Å². The molecule has 3 aromatic rings. The van der Waals surface area contributed by atoms with Crippen molar-refractivity contribution < 1.29 is 28.5 Å². The van der Waals surface area contributed by atoms with Crippen LogP contribution in [0.15, 0.2) is 56.4 Å². The van der Waals surface area contributed by atoms with E-state index in [2.05, 4.69) is 20.9 Å². The lowest BCUT2D eigenvalue weighted by molar-refractivity contribution is -0.136. The Labute approximate surface area is 242 Å². The van der Waals surface area contributed by atoms with Crippen molar-refractivity contribution >= 4 is 39.3 Å². The Bertz CT molecular complexity index is 1690. The van der Waals surface area contributed by atoms with Crippen molar-refractivity contribution in [2.24, 2.45) is 4.99 Å². The second-order valence-corrected chi connectivity index (χ2v) is 10.1. The molecule has 0 amide bonds. The highest BCUT2D eigenvalue weighted by Crippen LogP contribution is 2.36. The van der Waals surface area contributed by atoms with E-state index in [0.29, 0.717) is 61.1 Å². The van der Waals surface area contributed by atoms with E-state index in [9.17, 15) is 9.59 Å². The van der Waals surface area contributed by atoms with Gasteiger partial charge in [0.05, 0.1) is 43.6 Å². The number of aromatic nitrogens is 1. The number of thiazole rings is 1. The molecular formula is C28H26BrN3O7S. The van der Waals surface area contributed by atoms with Gasteiger partial charge in [-0.3, -0.25) is 9.36 Å². The molecule has 2 aromatic carbocycles. The lowest BCUT2D eigenvalue weighted by Crippen LogP contribution is -2.39. The van der Waals surface area contributed by atoms with Gasteiger partial charge in [0.15, 0.2) is 34.4 Å². The molecule has 1 aliphatic heterocycles. The Balaban J connectivity index is 1.94. The van der Waals surface area contributed by atoms with Crippen LogP contribution in [0.25, 0.3) is 6.08 Å². The molecule has 1 atom stereocenters. The maximum atomic E-state index is 13.9. The fraction of sp³-hybridized carbons (Fsp3) is 0.286. The van der Waals surface area contributed by atoms with Crippen LogP contribution < -0.4 is 33.8 Å². The van der Waals surface area contributed by atoms with Crippen LogP contribution in [-0.4, -0.2) is 44.6 Å². The summed E-state index contributed by atoms with van der Waals surface area (Å²) < 4.78 is 30.1. The molecule has 0 saturated heterocycles. The van der Waals surface area contributed by atoms with Crippen molar-refractivity contribution in [1.82, 2.24) is 4.57 Å². The quantitative estimate of drug-likeness (QED) is 0.313. The van der Waals surface area contributed by atoms with Crippen molar-refractivity contribution in [3.8, 4) is 29.1 Å². The average Bonchev–Trinajstić information content (AvgIpc) is 3.27. The van der Waals surface area contributed by atoms with Crippen molar-refractivity contribution in [3.05, 3.63) is 77.4 Å². The van der Waals surface area contributed by atoms with Crippen LogP contribution in [0, 0.1) is 11.3 Å². The molecule has 0 N–H and O–H groups in total. The zero-order chi connectivity index (χ0) is 28.8. The summed E-state index contributed by atoms with van der Waals surface area (Å²) in [5.74, 6) is 1.15. The SMILES string of the molecule is CCOc1ccc([C@@H]2C(C(=O)OC)=CN=c3s/c(=C/c4cc(Br)cc(OC)c4OCC#N)c(=O)n32)cc1OCC. The Hall–Kier alpha value is -4.08. The molecular weight excluding hydrogens is 602 g/mol. The van der Waals surface area contributed by atoms with E-state index in [1.54, 1.807) is 36.4 Å². The number of halogens is 1. The third kappa shape index (κ3) is 5.76. The summed E-state index contributed by atoms with van der Waals surface area (Å²) in [5, 5.41) is 9.05. The first-order valence-electron chi connectivity index (χ1n) is 12.2. The van der Waals surface area contributed by atoms with E-state index >= 15 is 0 Å². The van der Waals surface area contributed by atoms with Gasteiger partial charge in [0, 0.05) is 16.2 Å². The number of benzene rings is 2. The predicted molar refractivity (Wildman–Crippen MR) is 152 cm³/mol. The molecule has 208 valence electrons. The standard InChI is InChI=1S/C28H26BrN3O7S/c1-5-37-20-8-7-16(12-21(20)38-6-2)24-19(27(34)36-4)15-31-28-32(24)26(33)23(40-28)13-17-11-18(29)14-22(35-3)25(17)39-10-9-30/h7-8,11-15,24H,5-6,10H2,1-4H3/b23-13+/t24-/m1/s1. The molecule has 1 aliphatic rings. The fourth-order valence-corrected chi connectivity index (χ4v) is 5.65. The van der Waals surface area contributed by atoms with Gasteiger partial charge in [-0.1, -0.05) is 33.3 Å². The Kier molecular flexibility index (Phi) is 9.29. The third-order valence-electron chi connectivity index (χ3n) is 5.84. The largest absolute Gasteiger partial charge is 0.493 e. The zero-order valence-electron chi connectivity index (χ0n) is 22.2. The van der Waals surface area contributed by atoms with Crippen LogP contribution in [0.1, 0.15) is 31.0 Å². The van der Waals surface area contributed by atoms with E-state index in [-0.39, 0.29) is 17.7 Å². The second kappa shape index (κ2) is 12.8. The number of esters is 1. The summed E-state index contributed by atoms with van der Waals surface area (Å²) >= 11 is 4.61. The molecule has 0 radical (unpaired) electrons. The van der Waals surface area contributed by atoms with E-state index in [4.69, 9.17) is 28.9 Å². The van der Waals surface area contributed by atoms with E-state index in [0.717, 1.165) is 11.3 Å². The molecule has 2 heterocycles. The van der Waals surface area contributed by atoms with E-state index in [1.165, 1.54) is 25.0 Å². The number of hydrogen-bond acceptors (Lipinski definition) is 10. The number of nitriles is 1. The lowest BCUT2D eigenvalue weighted by Gasteiger charge is -2.23. The van der Waals surface area contributed by atoms with Crippen molar-refractivity contribution in [2.75, 3.05) is 34.0 Å². The van der Waals surface area contributed by atoms with Crippen molar-refractivity contribution in [2.45, 2.75) is 19.9 Å². The topological polar surface area (TPSA) is 121 Å². The minimum Gasteiger partial charge on any atom is -0.493 e. The molecule has 10 nitrogen and oxygen atoms in total. The number of methoxy groups -OCH3 is 2. The molecule has 40 heavy (non-hydrogen) atoms. The maximum absolute atomic E-state index is 13.9. The van der Waals surface area contributed by atoms with Gasteiger partial charge in [0.2, 0.25) is 0 Å². The Morgan fingerprint density at radius 3 is 2.55 bits per heavy atom. The van der Waals surface area contributed by atoms with Crippen LogP contribution >= 0.6 is 27.3 Å². The lowest BCUT2D eigenvalue weighted by atomic mass is 9.97. The normalized spacial score (nSPS) is 14.3. The Morgan fingerprint density at radius 2 is 1.88 bits per heavy atom. The number of nitrogens with zero attached hydrogens (tertiary/aromatic N) is 3. The molecule has 0 bridgehead atoms. The van der Waals surface area contributed by atoms with Gasteiger partial charge >= 0.3 is 5.97 Å². The number of ether oxygens (including phenoxy) is 5. The smallest absolute Gasteiger partial charge is 0.337 e. The maximum Gasteiger partial charge on any atom is 0.337 e. The molecule has 4 rings (SSSR count). The molecule has 0 saturated carbocycles. The molecule has 1 aromatic heterocycles. The van der Waals surface area contributed by atoms with Crippen LogP contribution in [0.3, 0.4) is 0 Å². The van der Waals surface area contributed by atoms with Gasteiger partial charge in [-0.25, -0.2) is 9.79 Å². The predicted octanol–water partition coefficient (Wildman–Crippen LogP) is 3.49. The van der Waals surface area contributed by atoms with Crippen LogP contribution in [-0.2, 0) is 9.53 Å². The van der Waals surface area contributed by atoms with Gasteiger partial charge in [0.25, 0.3) is 5.56 Å². The fourth-order valence-electron chi connectivity index (χ4n) is 4.24. The molecule has 0 aliphatic carbocycles. The monoisotopic (exact) mass is 627 g/mol. The van der Waals surface area contributed by atoms with Gasteiger partial charge in [-0.05, 0) is 49.8 Å². The van der Waals surface area contributed by atoms with Crippen LogP contribution in [0.4, 0.5) is 0 Å². The molecule has 0 fully saturated rings. The number of carbonyl (C=O) groups excluding carboxylic acids is 1. The van der Waals surface area contributed by atoms with Gasteiger partial charge in [-0.2, -0.15) is 5.26 Å². The van der Waals surface area contributed by atoms with Crippen molar-refractivity contribution in [3.63, 3.8) is 0 Å². The number of rotatable bonds is 10. The molecule has 0 unspecified atom stereocenters. The first-order valence-corrected chi connectivity index (χ1v) is 13.8. The summed E-state index contributed by atoms with van der Waals surface area (Å²) in [6.07, 6.45) is 3.07. The second-order valence-electron chi connectivity index (χ2n) is 8.22. The molecule has 0 spiro atoms. The minimum absolute atomic E-state index is 0.190. The minimum atomic E-state index is -0.827. The number of carbonyl (C=O) groups is 1. The van der Waals surface area contributed by atoms with Crippen LogP contribution in [0.2, 0.25) is 0 Å². The summed E-state index contributed by atoms with van der Waals surface area (Å²) in [6.45, 7) is 4.37. The Morgan fingerprint density at radius 1 is 1.12 bits per heavy atom. The van der Waals surface area contributed by atoms with Gasteiger partial charge in [0.1, 0.15) is 6.07 Å². The summed E-state index contributed by atoms with van der Waals surface area (Å²) in [7, 11) is 2.76.